The summed E-state index contributed by atoms with van der Waals surface area (Å²) in [4.78, 5) is 31.0. The zero-order valence-electron chi connectivity index (χ0n) is 13.9. The van der Waals surface area contributed by atoms with Crippen molar-refractivity contribution in [3.63, 3.8) is 0 Å². The molecule has 1 aliphatic rings. The summed E-state index contributed by atoms with van der Waals surface area (Å²) in [6.07, 6.45) is 4.05. The molecule has 1 fully saturated rings. The first-order chi connectivity index (χ1) is 12.1. The second-order valence-corrected chi connectivity index (χ2v) is 6.42. The van der Waals surface area contributed by atoms with E-state index in [1.165, 1.54) is 0 Å². The van der Waals surface area contributed by atoms with Gasteiger partial charge in [0.25, 0.3) is 5.91 Å². The Bertz CT molecular complexity index is 788. The van der Waals surface area contributed by atoms with E-state index in [0.29, 0.717) is 36.8 Å². The van der Waals surface area contributed by atoms with Gasteiger partial charge in [0.2, 0.25) is 6.41 Å². The van der Waals surface area contributed by atoms with Gasteiger partial charge in [0, 0.05) is 43.1 Å². The Morgan fingerprint density at radius 3 is 2.68 bits per heavy atom. The third-order valence-electron chi connectivity index (χ3n) is 4.21. The van der Waals surface area contributed by atoms with E-state index in [1.807, 2.05) is 25.1 Å². The van der Waals surface area contributed by atoms with E-state index in [9.17, 15) is 9.59 Å². The van der Waals surface area contributed by atoms with Crippen molar-refractivity contribution >= 4 is 35.3 Å². The van der Waals surface area contributed by atoms with Gasteiger partial charge in [-0.05, 0) is 30.7 Å². The lowest BCUT2D eigenvalue weighted by Gasteiger charge is -2.32. The maximum Gasteiger partial charge on any atom is 0.255 e. The summed E-state index contributed by atoms with van der Waals surface area (Å²) >= 11 is 6.04. The van der Waals surface area contributed by atoms with E-state index >= 15 is 0 Å². The Morgan fingerprint density at radius 2 is 1.96 bits per heavy atom. The topological polar surface area (TPSA) is 65.5 Å². The molecular formula is C18H19ClN4O2. The van der Waals surface area contributed by atoms with Gasteiger partial charge in [-0.3, -0.25) is 14.6 Å². The third kappa shape index (κ3) is 4.09. The number of carbonyl (C=O) groups excluding carboxylic acids is 2. The van der Waals surface area contributed by atoms with Gasteiger partial charge in [-0.2, -0.15) is 0 Å². The van der Waals surface area contributed by atoms with Gasteiger partial charge in [-0.15, -0.1) is 0 Å². The van der Waals surface area contributed by atoms with Crippen LogP contribution in [0.25, 0.3) is 0 Å². The highest BCUT2D eigenvalue weighted by Gasteiger charge is 2.21. The van der Waals surface area contributed by atoms with Gasteiger partial charge in [0.1, 0.15) is 0 Å². The number of nitrogens with one attached hydrogen (secondary N) is 1. The van der Waals surface area contributed by atoms with Crippen LogP contribution in [0.2, 0.25) is 5.02 Å². The lowest BCUT2D eigenvalue weighted by atomic mass is 10.2. The van der Waals surface area contributed by atoms with Crippen LogP contribution in [0.1, 0.15) is 15.9 Å². The summed E-state index contributed by atoms with van der Waals surface area (Å²) in [6, 6.07) is 7.38. The average molecular weight is 359 g/mol. The maximum atomic E-state index is 12.7. The molecule has 2 aromatic rings. The fourth-order valence-electron chi connectivity index (χ4n) is 2.72. The van der Waals surface area contributed by atoms with Crippen LogP contribution >= 0.6 is 11.6 Å². The standard InChI is InChI=1S/C18H19ClN4O2/c1-13-2-3-15(19)9-17(13)21-16-8-14(10-20-11-16)18(25)23-6-4-22(12-24)5-7-23/h2-3,8-12,21H,4-7H2,1H3. The predicted molar refractivity (Wildman–Crippen MR) is 97.2 cm³/mol. The molecule has 3 rings (SSSR count). The molecule has 1 aromatic carbocycles. The van der Waals surface area contributed by atoms with Gasteiger partial charge in [0.05, 0.1) is 17.4 Å². The first kappa shape index (κ1) is 17.2. The van der Waals surface area contributed by atoms with Crippen molar-refractivity contribution in [1.29, 1.82) is 0 Å². The first-order valence-electron chi connectivity index (χ1n) is 8.03. The van der Waals surface area contributed by atoms with Crippen LogP contribution in [0.15, 0.2) is 36.7 Å². The van der Waals surface area contributed by atoms with Crippen LogP contribution in [0.5, 0.6) is 0 Å². The largest absolute Gasteiger partial charge is 0.354 e. The van der Waals surface area contributed by atoms with E-state index in [2.05, 4.69) is 10.3 Å². The number of piperazine rings is 1. The minimum Gasteiger partial charge on any atom is -0.354 e. The SMILES string of the molecule is Cc1ccc(Cl)cc1Nc1cncc(C(=O)N2CCN(C=O)CC2)c1. The van der Waals surface area contributed by atoms with Crippen LogP contribution in [0, 0.1) is 6.92 Å². The molecule has 0 aliphatic carbocycles. The minimum absolute atomic E-state index is 0.0792. The van der Waals surface area contributed by atoms with Crippen LogP contribution in [0.4, 0.5) is 11.4 Å². The van der Waals surface area contributed by atoms with E-state index in [1.54, 1.807) is 28.3 Å². The number of hydrogen-bond donors (Lipinski definition) is 1. The molecule has 0 radical (unpaired) electrons. The molecule has 0 spiro atoms. The van der Waals surface area contributed by atoms with Gasteiger partial charge in [0.15, 0.2) is 0 Å². The molecule has 0 unspecified atom stereocenters. The number of rotatable bonds is 4. The molecular weight excluding hydrogens is 340 g/mol. The first-order valence-corrected chi connectivity index (χ1v) is 8.41. The van der Waals surface area contributed by atoms with Crippen LogP contribution in [0.3, 0.4) is 0 Å². The van der Waals surface area contributed by atoms with Gasteiger partial charge >= 0.3 is 0 Å². The molecule has 25 heavy (non-hydrogen) atoms. The second-order valence-electron chi connectivity index (χ2n) is 5.98. The van der Waals surface area contributed by atoms with Gasteiger partial charge in [-0.25, -0.2) is 0 Å². The van der Waals surface area contributed by atoms with Crippen molar-refractivity contribution in [3.05, 3.63) is 52.8 Å². The van der Waals surface area contributed by atoms with Crippen LogP contribution in [-0.2, 0) is 4.79 Å². The Morgan fingerprint density at radius 1 is 1.20 bits per heavy atom. The molecule has 130 valence electrons. The smallest absolute Gasteiger partial charge is 0.255 e. The Labute approximate surface area is 151 Å². The summed E-state index contributed by atoms with van der Waals surface area (Å²) in [5, 5.41) is 3.90. The number of aryl methyl sites for hydroxylation is 1. The van der Waals surface area contributed by atoms with Crippen molar-refractivity contribution in [1.82, 2.24) is 14.8 Å². The summed E-state index contributed by atoms with van der Waals surface area (Å²) < 4.78 is 0. The summed E-state index contributed by atoms with van der Waals surface area (Å²) in [5.74, 6) is -0.0792. The molecule has 0 bridgehead atoms. The fraction of sp³-hybridized carbons (Fsp3) is 0.278. The Kier molecular flexibility index (Phi) is 5.19. The van der Waals surface area contributed by atoms with Crippen molar-refractivity contribution in [2.24, 2.45) is 0 Å². The Balaban J connectivity index is 1.74. The number of carbonyl (C=O) groups is 2. The quantitative estimate of drug-likeness (QED) is 0.853. The fourth-order valence-corrected chi connectivity index (χ4v) is 2.89. The zero-order chi connectivity index (χ0) is 17.8. The van der Waals surface area contributed by atoms with Crippen LogP contribution in [-0.4, -0.2) is 53.3 Å². The number of nitrogens with zero attached hydrogens (tertiary/aromatic N) is 3. The number of aromatic nitrogens is 1. The average Bonchev–Trinajstić information content (AvgIpc) is 2.64. The number of anilines is 2. The molecule has 2 amide bonds. The molecule has 1 aliphatic heterocycles. The normalized spacial score (nSPS) is 14.3. The molecule has 2 heterocycles. The summed E-state index contributed by atoms with van der Waals surface area (Å²) in [5.41, 5.74) is 3.16. The molecule has 1 aromatic heterocycles. The highest BCUT2D eigenvalue weighted by Crippen LogP contribution is 2.24. The lowest BCUT2D eigenvalue weighted by molar-refractivity contribution is -0.119. The van der Waals surface area contributed by atoms with E-state index in [4.69, 9.17) is 11.6 Å². The molecule has 6 nitrogen and oxygen atoms in total. The Hall–Kier alpha value is -2.60. The number of pyridine rings is 1. The molecule has 1 N–H and O–H groups in total. The predicted octanol–water partition coefficient (Wildman–Crippen LogP) is 2.70. The van der Waals surface area contributed by atoms with Crippen molar-refractivity contribution in [2.45, 2.75) is 6.92 Å². The van der Waals surface area contributed by atoms with Gasteiger partial charge in [-0.1, -0.05) is 17.7 Å². The van der Waals surface area contributed by atoms with Crippen molar-refractivity contribution < 1.29 is 9.59 Å². The molecule has 7 heteroatoms. The monoisotopic (exact) mass is 358 g/mol. The lowest BCUT2D eigenvalue weighted by Crippen LogP contribution is -2.48. The molecule has 0 atom stereocenters. The zero-order valence-corrected chi connectivity index (χ0v) is 14.7. The van der Waals surface area contributed by atoms with E-state index in [0.717, 1.165) is 23.3 Å². The minimum atomic E-state index is -0.0792. The number of hydrogen-bond acceptors (Lipinski definition) is 4. The highest BCUT2D eigenvalue weighted by atomic mass is 35.5. The third-order valence-corrected chi connectivity index (χ3v) is 4.45. The number of amides is 2. The molecule has 1 saturated heterocycles. The van der Waals surface area contributed by atoms with E-state index in [-0.39, 0.29) is 5.91 Å². The second kappa shape index (κ2) is 7.53. The van der Waals surface area contributed by atoms with Crippen molar-refractivity contribution in [3.8, 4) is 0 Å². The summed E-state index contributed by atoms with van der Waals surface area (Å²) in [6.45, 7) is 4.16. The highest BCUT2D eigenvalue weighted by molar-refractivity contribution is 6.30. The van der Waals surface area contributed by atoms with E-state index < -0.39 is 0 Å². The summed E-state index contributed by atoms with van der Waals surface area (Å²) in [7, 11) is 0. The maximum absolute atomic E-state index is 12.7. The number of halogens is 1. The number of benzene rings is 1. The van der Waals surface area contributed by atoms with Crippen LogP contribution < -0.4 is 5.32 Å². The molecule has 0 saturated carbocycles. The van der Waals surface area contributed by atoms with Gasteiger partial charge < -0.3 is 15.1 Å². The van der Waals surface area contributed by atoms with Crippen molar-refractivity contribution in [2.75, 3.05) is 31.5 Å².